The third kappa shape index (κ3) is 7.27. The third-order valence-electron chi connectivity index (χ3n) is 7.32. The van der Waals surface area contributed by atoms with Gasteiger partial charge in [-0.3, -0.25) is 15.6 Å². The Balaban J connectivity index is 1.59. The van der Waals surface area contributed by atoms with Gasteiger partial charge in [0.25, 0.3) is 0 Å². The number of nitrogens with zero attached hydrogens (tertiary/aromatic N) is 1. The maximum absolute atomic E-state index is 14.1. The molecule has 1 aromatic heterocycles. The largest absolute Gasteiger partial charge is 0.477 e. The van der Waals surface area contributed by atoms with Crippen LogP contribution >= 0.6 is 22.9 Å². The number of amides is 1. The molecular weight excluding hydrogens is 522 g/mol. The molecule has 7 nitrogen and oxygen atoms in total. The molecule has 0 unspecified atom stereocenters. The van der Waals surface area contributed by atoms with E-state index in [1.807, 2.05) is 31.7 Å². The molecule has 3 aliphatic rings. The van der Waals surface area contributed by atoms with Crippen molar-refractivity contribution in [2.45, 2.75) is 91.2 Å². The quantitative estimate of drug-likeness (QED) is 0.277. The lowest BCUT2D eigenvalue weighted by molar-refractivity contribution is -0.124. The fraction of sp³-hybridized carbons (Fsp3) is 0.586. The Kier molecular flexibility index (Phi) is 9.00. The first-order chi connectivity index (χ1) is 18.0. The molecule has 2 aliphatic carbocycles. The lowest BCUT2D eigenvalue weighted by Gasteiger charge is -2.39. The van der Waals surface area contributed by atoms with E-state index in [9.17, 15) is 14.7 Å². The van der Waals surface area contributed by atoms with Crippen LogP contribution in [0.4, 0.5) is 5.69 Å². The summed E-state index contributed by atoms with van der Waals surface area (Å²) in [5, 5.41) is 10.6. The van der Waals surface area contributed by atoms with E-state index < -0.39 is 5.97 Å². The van der Waals surface area contributed by atoms with Gasteiger partial charge in [0.2, 0.25) is 11.8 Å². The Morgan fingerprint density at radius 1 is 1.08 bits per heavy atom. The van der Waals surface area contributed by atoms with Crippen LogP contribution in [0.25, 0.3) is 0 Å². The molecule has 2 heterocycles. The van der Waals surface area contributed by atoms with Gasteiger partial charge < -0.3 is 14.7 Å². The van der Waals surface area contributed by atoms with Crippen LogP contribution in [0.15, 0.2) is 29.3 Å². The van der Waals surface area contributed by atoms with Crippen molar-refractivity contribution in [2.24, 2.45) is 17.3 Å². The molecular formula is C29H38ClN3O4S. The van der Waals surface area contributed by atoms with E-state index in [1.165, 1.54) is 0 Å². The minimum Gasteiger partial charge on any atom is -0.477 e. The summed E-state index contributed by atoms with van der Waals surface area (Å²) in [7, 11) is 0. The molecule has 0 atom stereocenters. The van der Waals surface area contributed by atoms with Gasteiger partial charge in [-0.05, 0) is 90.2 Å². The number of aromatic carboxylic acids is 1. The average Bonchev–Trinajstić information content (AvgIpc) is 3.30. The van der Waals surface area contributed by atoms with E-state index in [0.717, 1.165) is 62.7 Å². The minimum absolute atomic E-state index is 0.000750. The highest BCUT2D eigenvalue weighted by molar-refractivity contribution is 7.15. The van der Waals surface area contributed by atoms with E-state index in [2.05, 4.69) is 29.6 Å². The summed E-state index contributed by atoms with van der Waals surface area (Å²) in [6.45, 7) is 8.30. The first kappa shape index (κ1) is 28.4. The van der Waals surface area contributed by atoms with Crippen molar-refractivity contribution in [3.8, 4) is 11.8 Å². The Morgan fingerprint density at radius 3 is 2.34 bits per heavy atom. The van der Waals surface area contributed by atoms with Crippen LogP contribution in [-0.4, -0.2) is 29.1 Å². The number of rotatable bonds is 6. The smallest absolute Gasteiger partial charge is 0.348 e. The highest BCUT2D eigenvalue weighted by atomic mass is 35.5. The number of nitrogens with one attached hydrogen (secondary N) is 2. The first-order valence-electron chi connectivity index (χ1n) is 13.5. The summed E-state index contributed by atoms with van der Waals surface area (Å²) in [6.07, 6.45) is 10.2. The standard InChI is InChI=1S/C29H38ClN3O4S/c1-18-5-7-19(8-6-18)27(34)33(23-17-22(15-16-29(2,3)4)38-26(23)28(35)36)20-9-11-21(12-10-20)37-25-14-13-24(30)31-32-25/h13-14,17-21,31-32H,5-12H2,1-4H3,(H,35,36). The maximum Gasteiger partial charge on any atom is 0.348 e. The Labute approximate surface area is 234 Å². The number of hydrazine groups is 1. The fourth-order valence-electron chi connectivity index (χ4n) is 5.25. The summed E-state index contributed by atoms with van der Waals surface area (Å²) >= 11 is 7.08. The molecule has 1 aromatic rings. The molecule has 9 heteroatoms. The Bertz CT molecular complexity index is 1160. The summed E-state index contributed by atoms with van der Waals surface area (Å²) in [4.78, 5) is 29.1. The number of carboxylic acid groups (broad SMARTS) is 1. The van der Waals surface area contributed by atoms with Crippen molar-refractivity contribution >= 4 is 40.5 Å². The molecule has 0 saturated heterocycles. The lowest BCUT2D eigenvalue weighted by atomic mass is 9.81. The van der Waals surface area contributed by atoms with Gasteiger partial charge in [-0.2, -0.15) is 0 Å². The predicted octanol–water partition coefficient (Wildman–Crippen LogP) is 6.36. The zero-order valence-electron chi connectivity index (χ0n) is 22.6. The first-order valence-corrected chi connectivity index (χ1v) is 14.7. The topological polar surface area (TPSA) is 90.9 Å². The van der Waals surface area contributed by atoms with E-state index >= 15 is 0 Å². The molecule has 3 N–H and O–H groups in total. The number of anilines is 1. The van der Waals surface area contributed by atoms with Gasteiger partial charge >= 0.3 is 5.97 Å². The molecule has 0 radical (unpaired) electrons. The molecule has 0 bridgehead atoms. The summed E-state index contributed by atoms with van der Waals surface area (Å²) in [5.74, 6) is 6.54. The second-order valence-corrected chi connectivity index (χ2v) is 13.1. The lowest BCUT2D eigenvalue weighted by Crippen LogP contribution is -2.47. The normalized spacial score (nSPS) is 25.5. The van der Waals surface area contributed by atoms with Crippen LogP contribution in [0.3, 0.4) is 0 Å². The van der Waals surface area contributed by atoms with Crippen molar-refractivity contribution in [2.75, 3.05) is 4.90 Å². The minimum atomic E-state index is -1.02. The molecule has 4 rings (SSSR count). The van der Waals surface area contributed by atoms with Crippen LogP contribution in [0, 0.1) is 29.1 Å². The highest BCUT2D eigenvalue weighted by Crippen LogP contribution is 2.39. The molecule has 1 amide bonds. The molecule has 38 heavy (non-hydrogen) atoms. The fourth-order valence-corrected chi connectivity index (χ4v) is 6.20. The molecule has 206 valence electrons. The van der Waals surface area contributed by atoms with E-state index in [-0.39, 0.29) is 34.3 Å². The predicted molar refractivity (Wildman–Crippen MR) is 152 cm³/mol. The maximum atomic E-state index is 14.1. The molecule has 2 saturated carbocycles. The molecule has 2 fully saturated rings. The monoisotopic (exact) mass is 559 g/mol. The van der Waals surface area contributed by atoms with Crippen molar-refractivity contribution in [3.63, 3.8) is 0 Å². The molecule has 0 spiro atoms. The number of hydrogen-bond donors (Lipinski definition) is 3. The van der Waals surface area contributed by atoms with Crippen LogP contribution in [0.1, 0.15) is 93.6 Å². The Morgan fingerprint density at radius 2 is 1.76 bits per heavy atom. The second-order valence-electron chi connectivity index (χ2n) is 11.6. The summed E-state index contributed by atoms with van der Waals surface area (Å²) in [5.41, 5.74) is 6.05. The van der Waals surface area contributed by atoms with Gasteiger partial charge in [0, 0.05) is 23.5 Å². The van der Waals surface area contributed by atoms with Gasteiger partial charge in [0.1, 0.15) is 16.1 Å². The number of halogens is 1. The zero-order chi connectivity index (χ0) is 27.4. The summed E-state index contributed by atoms with van der Waals surface area (Å²) < 4.78 is 6.10. The number of carbonyl (C=O) groups excluding carboxylic acids is 1. The highest BCUT2D eigenvalue weighted by Gasteiger charge is 2.38. The van der Waals surface area contributed by atoms with Gasteiger partial charge in [-0.1, -0.05) is 30.4 Å². The SMILES string of the molecule is CC1CCC(C(=O)N(c2cc(C#CC(C)(C)C)sc2C(=O)O)C2CCC(OC3=CC=C(Cl)NN3)CC2)CC1. The van der Waals surface area contributed by atoms with E-state index in [0.29, 0.717) is 27.5 Å². The number of thiophene rings is 1. The van der Waals surface area contributed by atoms with Crippen LogP contribution in [-0.2, 0) is 9.53 Å². The third-order valence-corrected chi connectivity index (χ3v) is 8.57. The van der Waals surface area contributed by atoms with Crippen molar-refractivity contribution in [1.82, 2.24) is 10.9 Å². The van der Waals surface area contributed by atoms with E-state index in [1.54, 1.807) is 12.2 Å². The second kappa shape index (κ2) is 12.0. The average molecular weight is 560 g/mol. The zero-order valence-corrected chi connectivity index (χ0v) is 24.2. The number of allylic oxidation sites excluding steroid dienone is 2. The van der Waals surface area contributed by atoms with Gasteiger partial charge in [0.15, 0.2) is 0 Å². The summed E-state index contributed by atoms with van der Waals surface area (Å²) in [6, 6.07) is 1.73. The van der Waals surface area contributed by atoms with Crippen LogP contribution < -0.4 is 15.8 Å². The van der Waals surface area contributed by atoms with E-state index in [4.69, 9.17) is 16.3 Å². The van der Waals surface area contributed by atoms with Crippen LogP contribution in [0.2, 0.25) is 0 Å². The van der Waals surface area contributed by atoms with Crippen molar-refractivity contribution in [3.05, 3.63) is 39.0 Å². The number of carboxylic acids is 1. The number of hydrogen-bond acceptors (Lipinski definition) is 6. The van der Waals surface area contributed by atoms with Crippen molar-refractivity contribution < 1.29 is 19.4 Å². The Hall–Kier alpha value is -2.63. The molecule has 0 aromatic carbocycles. The van der Waals surface area contributed by atoms with Gasteiger partial charge in [0.05, 0.1) is 10.6 Å². The number of carbonyl (C=O) groups is 2. The van der Waals surface area contributed by atoms with Gasteiger partial charge in [-0.25, -0.2) is 4.79 Å². The van der Waals surface area contributed by atoms with Gasteiger partial charge in [-0.15, -0.1) is 11.3 Å². The van der Waals surface area contributed by atoms with Crippen LogP contribution in [0.5, 0.6) is 0 Å². The number of ether oxygens (including phenoxy) is 1. The molecule has 1 aliphatic heterocycles. The van der Waals surface area contributed by atoms with Crippen molar-refractivity contribution in [1.29, 1.82) is 0 Å².